The van der Waals surface area contributed by atoms with Crippen LogP contribution < -0.4 is 5.32 Å². The third-order valence-electron chi connectivity index (χ3n) is 4.48. The molecule has 7 nitrogen and oxygen atoms in total. The summed E-state index contributed by atoms with van der Waals surface area (Å²) in [6.45, 7) is 1.82. The van der Waals surface area contributed by atoms with Gasteiger partial charge in [-0.2, -0.15) is 18.2 Å². The number of anilines is 1. The van der Waals surface area contributed by atoms with E-state index in [-0.39, 0.29) is 24.0 Å². The number of amides is 1. The second-order valence-corrected chi connectivity index (χ2v) is 6.68. The van der Waals surface area contributed by atoms with Crippen LogP contribution in [0.4, 0.5) is 18.9 Å². The second-order valence-electron chi connectivity index (χ2n) is 6.68. The van der Waals surface area contributed by atoms with Crippen LogP contribution in [0.15, 0.2) is 53.3 Å². The van der Waals surface area contributed by atoms with Gasteiger partial charge >= 0.3 is 6.18 Å². The Morgan fingerprint density at radius 2 is 2.07 bits per heavy atom. The minimum atomic E-state index is -4.30. The molecule has 10 heteroatoms. The molecule has 1 N–H and O–H groups in total. The van der Waals surface area contributed by atoms with Crippen molar-refractivity contribution in [3.63, 3.8) is 0 Å². The second kappa shape index (κ2) is 7.62. The molecule has 4 aromatic rings. The van der Waals surface area contributed by atoms with Crippen LogP contribution in [-0.2, 0) is 6.42 Å². The summed E-state index contributed by atoms with van der Waals surface area (Å²) < 4.78 is 43.7. The van der Waals surface area contributed by atoms with E-state index in [1.165, 1.54) is 6.20 Å². The molecule has 0 unspecified atom stereocenters. The van der Waals surface area contributed by atoms with E-state index in [2.05, 4.69) is 20.4 Å². The first-order chi connectivity index (χ1) is 14.3. The fourth-order valence-electron chi connectivity index (χ4n) is 2.90. The van der Waals surface area contributed by atoms with Crippen LogP contribution in [-0.4, -0.2) is 31.6 Å². The summed E-state index contributed by atoms with van der Waals surface area (Å²) in [6, 6.07) is 10.5. The number of aryl methyl sites for hydroxylation is 2. The van der Waals surface area contributed by atoms with Crippen LogP contribution in [0.2, 0.25) is 0 Å². The highest BCUT2D eigenvalue weighted by molar-refractivity contribution is 6.04. The highest BCUT2D eigenvalue weighted by Gasteiger charge is 2.28. The normalized spacial score (nSPS) is 11.7. The Labute approximate surface area is 168 Å². The number of nitrogens with one attached hydrogen (secondary N) is 1. The molecule has 0 saturated carbocycles. The molecule has 4 rings (SSSR count). The SMILES string of the molecule is Cc1ccc(-c2noc(CCC(F)(F)F)n2)cc1NC(=O)c1cnc2ccccn12. The lowest BCUT2D eigenvalue weighted by Gasteiger charge is -2.09. The first-order valence-corrected chi connectivity index (χ1v) is 9.04. The van der Waals surface area contributed by atoms with E-state index < -0.39 is 12.6 Å². The number of alkyl halides is 3. The summed E-state index contributed by atoms with van der Waals surface area (Å²) in [4.78, 5) is 21.0. The van der Waals surface area contributed by atoms with Crippen molar-refractivity contribution in [3.05, 3.63) is 65.9 Å². The summed E-state index contributed by atoms with van der Waals surface area (Å²) in [5.74, 6) is -0.301. The molecule has 154 valence electrons. The summed E-state index contributed by atoms with van der Waals surface area (Å²) in [5.41, 5.74) is 2.83. The molecule has 0 bridgehead atoms. The lowest BCUT2D eigenvalue weighted by Crippen LogP contribution is -2.15. The van der Waals surface area contributed by atoms with Crippen molar-refractivity contribution < 1.29 is 22.5 Å². The van der Waals surface area contributed by atoms with Gasteiger partial charge in [-0.3, -0.25) is 9.20 Å². The molecule has 0 atom stereocenters. The Morgan fingerprint density at radius 1 is 1.23 bits per heavy atom. The third kappa shape index (κ3) is 4.17. The number of rotatable bonds is 5. The van der Waals surface area contributed by atoms with Gasteiger partial charge in [0.15, 0.2) is 0 Å². The number of benzene rings is 1. The number of hydrogen-bond acceptors (Lipinski definition) is 5. The number of nitrogens with zero attached hydrogens (tertiary/aromatic N) is 4. The van der Waals surface area contributed by atoms with Crippen LogP contribution in [0.5, 0.6) is 0 Å². The Bertz CT molecular complexity index is 1210. The summed E-state index contributed by atoms with van der Waals surface area (Å²) in [5, 5.41) is 6.58. The van der Waals surface area contributed by atoms with E-state index in [0.29, 0.717) is 22.6 Å². The molecular weight excluding hydrogens is 399 g/mol. The van der Waals surface area contributed by atoms with Crippen molar-refractivity contribution >= 4 is 17.2 Å². The minimum absolute atomic E-state index is 0.0979. The third-order valence-corrected chi connectivity index (χ3v) is 4.48. The van der Waals surface area contributed by atoms with Crippen LogP contribution in [0.25, 0.3) is 17.0 Å². The fraction of sp³-hybridized carbons (Fsp3) is 0.200. The predicted molar refractivity (Wildman–Crippen MR) is 102 cm³/mol. The van der Waals surface area contributed by atoms with Gasteiger partial charge in [0.05, 0.1) is 12.6 Å². The molecule has 3 aromatic heterocycles. The van der Waals surface area contributed by atoms with Gasteiger partial charge in [0.25, 0.3) is 5.91 Å². The molecule has 0 aliphatic rings. The number of fused-ring (bicyclic) bond motifs is 1. The standard InChI is InChI=1S/C20H16F3N5O2/c1-12-5-6-13(18-26-17(30-27-18)7-8-20(21,22)23)10-14(12)25-19(29)15-11-24-16-4-2-3-9-28(15)16/h2-6,9-11H,7-8H2,1H3,(H,25,29). The molecule has 3 heterocycles. The number of carbonyl (C=O) groups excluding carboxylic acids is 1. The maximum atomic E-state index is 12.7. The Morgan fingerprint density at radius 3 is 2.87 bits per heavy atom. The molecule has 1 amide bonds. The Hall–Kier alpha value is -3.69. The summed E-state index contributed by atoms with van der Waals surface area (Å²) >= 11 is 0. The van der Waals surface area contributed by atoms with Crippen LogP contribution >= 0.6 is 0 Å². The van der Waals surface area contributed by atoms with Crippen LogP contribution in [0, 0.1) is 6.92 Å². The molecule has 0 radical (unpaired) electrons. The van der Waals surface area contributed by atoms with Crippen molar-refractivity contribution in [2.24, 2.45) is 0 Å². The van der Waals surface area contributed by atoms with E-state index in [4.69, 9.17) is 4.52 Å². The monoisotopic (exact) mass is 415 g/mol. The molecule has 0 spiro atoms. The van der Waals surface area contributed by atoms with Crippen LogP contribution in [0.3, 0.4) is 0 Å². The van der Waals surface area contributed by atoms with Gasteiger partial charge in [-0.25, -0.2) is 4.98 Å². The van der Waals surface area contributed by atoms with Crippen molar-refractivity contribution in [2.75, 3.05) is 5.32 Å². The Kier molecular flexibility index (Phi) is 4.98. The highest BCUT2D eigenvalue weighted by atomic mass is 19.4. The van der Waals surface area contributed by atoms with E-state index in [0.717, 1.165) is 5.56 Å². The van der Waals surface area contributed by atoms with Crippen molar-refractivity contribution in [3.8, 4) is 11.4 Å². The number of hydrogen-bond donors (Lipinski definition) is 1. The number of imidazole rings is 1. The lowest BCUT2D eigenvalue weighted by molar-refractivity contribution is -0.134. The number of pyridine rings is 1. The maximum absolute atomic E-state index is 12.7. The zero-order valence-electron chi connectivity index (χ0n) is 15.8. The number of aromatic nitrogens is 4. The zero-order valence-corrected chi connectivity index (χ0v) is 15.8. The quantitative estimate of drug-likeness (QED) is 0.521. The van der Waals surface area contributed by atoms with Gasteiger partial charge in [0.1, 0.15) is 11.3 Å². The topological polar surface area (TPSA) is 85.3 Å². The number of carbonyl (C=O) groups is 1. The first-order valence-electron chi connectivity index (χ1n) is 9.04. The molecular formula is C20H16F3N5O2. The molecule has 1 aromatic carbocycles. The van der Waals surface area contributed by atoms with Gasteiger partial charge < -0.3 is 9.84 Å². The van der Waals surface area contributed by atoms with E-state index in [1.54, 1.807) is 40.9 Å². The van der Waals surface area contributed by atoms with Crippen LogP contribution in [0.1, 0.15) is 28.4 Å². The lowest BCUT2D eigenvalue weighted by atomic mass is 10.1. The van der Waals surface area contributed by atoms with Gasteiger partial charge in [0.2, 0.25) is 11.7 Å². The van der Waals surface area contributed by atoms with E-state index in [1.807, 2.05) is 13.0 Å². The largest absolute Gasteiger partial charge is 0.389 e. The van der Waals surface area contributed by atoms with Gasteiger partial charge in [-0.1, -0.05) is 23.4 Å². The first kappa shape index (κ1) is 19.6. The average molecular weight is 415 g/mol. The van der Waals surface area contributed by atoms with Crippen molar-refractivity contribution in [1.82, 2.24) is 19.5 Å². The average Bonchev–Trinajstić information content (AvgIpc) is 3.34. The summed E-state index contributed by atoms with van der Waals surface area (Å²) in [7, 11) is 0. The molecule has 0 aliphatic carbocycles. The maximum Gasteiger partial charge on any atom is 0.389 e. The highest BCUT2D eigenvalue weighted by Crippen LogP contribution is 2.26. The Balaban J connectivity index is 1.55. The summed E-state index contributed by atoms with van der Waals surface area (Å²) in [6.07, 6.45) is -2.50. The van der Waals surface area contributed by atoms with Gasteiger partial charge in [-0.05, 0) is 30.7 Å². The molecule has 0 fully saturated rings. The fourth-order valence-corrected chi connectivity index (χ4v) is 2.90. The molecule has 30 heavy (non-hydrogen) atoms. The van der Waals surface area contributed by atoms with Crippen molar-refractivity contribution in [2.45, 2.75) is 25.9 Å². The van der Waals surface area contributed by atoms with E-state index in [9.17, 15) is 18.0 Å². The molecule has 0 aliphatic heterocycles. The smallest absolute Gasteiger partial charge is 0.339 e. The van der Waals surface area contributed by atoms with Crippen molar-refractivity contribution in [1.29, 1.82) is 0 Å². The number of halogens is 3. The zero-order chi connectivity index (χ0) is 21.3. The molecule has 0 saturated heterocycles. The van der Waals surface area contributed by atoms with Gasteiger partial charge in [0, 0.05) is 23.9 Å². The predicted octanol–water partition coefficient (Wildman–Crippen LogP) is 4.44. The van der Waals surface area contributed by atoms with E-state index >= 15 is 0 Å². The van der Waals surface area contributed by atoms with Gasteiger partial charge in [-0.15, -0.1) is 0 Å². The minimum Gasteiger partial charge on any atom is -0.339 e.